The van der Waals surface area contributed by atoms with E-state index >= 15 is 0 Å². The van der Waals surface area contributed by atoms with Crippen LogP contribution in [0.2, 0.25) is 0 Å². The van der Waals surface area contributed by atoms with Gasteiger partial charge in [-0.2, -0.15) is 0 Å². The maximum atomic E-state index is 13.5. The second-order valence-corrected chi connectivity index (χ2v) is 14.1. The summed E-state index contributed by atoms with van der Waals surface area (Å²) in [5, 5.41) is 22.1. The number of nitrogens with two attached hydrogens (primary N) is 1. The summed E-state index contributed by atoms with van der Waals surface area (Å²) in [7, 11) is 0. The Bertz CT molecular complexity index is 823. The van der Waals surface area contributed by atoms with Gasteiger partial charge in [-0.1, -0.05) is 34.6 Å². The summed E-state index contributed by atoms with van der Waals surface area (Å²) in [5.74, 6) is 0.287. The molecule has 4 aliphatic rings. The van der Waals surface area contributed by atoms with Crippen molar-refractivity contribution in [3.63, 3.8) is 0 Å². The van der Waals surface area contributed by atoms with Crippen LogP contribution in [0.1, 0.15) is 92.4 Å². The zero-order valence-electron chi connectivity index (χ0n) is 22.3. The summed E-state index contributed by atoms with van der Waals surface area (Å²) in [5.41, 5.74) is 4.91. The smallest absolute Gasteiger partial charge is 0.316 e. The van der Waals surface area contributed by atoms with E-state index in [0.29, 0.717) is 19.3 Å². The van der Waals surface area contributed by atoms with Crippen molar-refractivity contribution in [1.29, 1.82) is 0 Å². The molecular formula is C28H47NO5S. The Hall–Kier alpha value is -0.630. The number of ketones is 1. The van der Waals surface area contributed by atoms with Crippen LogP contribution in [0, 0.1) is 34.0 Å². The number of aliphatic hydroxyl groups is 2. The van der Waals surface area contributed by atoms with Gasteiger partial charge in [0.2, 0.25) is 0 Å². The molecule has 4 fully saturated rings. The molecule has 0 aromatic rings. The summed E-state index contributed by atoms with van der Waals surface area (Å²) in [4.78, 5) is 26.7. The number of rotatable bonds is 5. The Morgan fingerprint density at radius 2 is 1.89 bits per heavy atom. The molecule has 4 saturated carbocycles. The van der Waals surface area contributed by atoms with E-state index in [1.165, 1.54) is 11.8 Å². The van der Waals surface area contributed by atoms with E-state index < -0.39 is 29.1 Å². The van der Waals surface area contributed by atoms with Crippen LogP contribution >= 0.6 is 11.8 Å². The van der Waals surface area contributed by atoms with E-state index in [9.17, 15) is 19.8 Å². The fraction of sp³-hybridized carbons (Fsp3) is 0.929. The minimum Gasteiger partial charge on any atom is -0.461 e. The van der Waals surface area contributed by atoms with Crippen LogP contribution < -0.4 is 5.73 Å². The fourth-order valence-corrected chi connectivity index (χ4v) is 9.47. The molecule has 2 bridgehead atoms. The van der Waals surface area contributed by atoms with Gasteiger partial charge < -0.3 is 20.7 Å². The van der Waals surface area contributed by atoms with Crippen LogP contribution in [0.25, 0.3) is 0 Å². The highest BCUT2D eigenvalue weighted by atomic mass is 32.2. The molecule has 0 amide bonds. The lowest BCUT2D eigenvalue weighted by Gasteiger charge is -2.62. The first-order valence-electron chi connectivity index (χ1n) is 13.8. The summed E-state index contributed by atoms with van der Waals surface area (Å²) in [6.45, 7) is 10.8. The molecule has 7 heteroatoms. The number of ether oxygens (including phenoxy) is 1. The van der Waals surface area contributed by atoms with E-state index in [-0.39, 0.29) is 52.0 Å². The van der Waals surface area contributed by atoms with Gasteiger partial charge in [0.15, 0.2) is 0 Å². The van der Waals surface area contributed by atoms with Crippen molar-refractivity contribution < 1.29 is 24.5 Å². The number of thioether (sulfide) groups is 1. The predicted octanol–water partition coefficient (Wildman–Crippen LogP) is 4.09. The molecule has 0 aromatic heterocycles. The molecule has 4 rings (SSSR count). The van der Waals surface area contributed by atoms with Crippen molar-refractivity contribution in [3.05, 3.63) is 0 Å². The van der Waals surface area contributed by atoms with Gasteiger partial charge in [-0.25, -0.2) is 0 Å². The number of hydrogen-bond donors (Lipinski definition) is 3. The van der Waals surface area contributed by atoms with Gasteiger partial charge in [0.1, 0.15) is 11.9 Å². The number of Topliss-reactive ketones (excluding diaryl/α,β-unsaturated/α-hetero) is 1. The van der Waals surface area contributed by atoms with Gasteiger partial charge in [0.25, 0.3) is 0 Å². The molecule has 0 spiro atoms. The Morgan fingerprint density at radius 3 is 2.54 bits per heavy atom. The van der Waals surface area contributed by atoms with E-state index in [1.54, 1.807) is 0 Å². The van der Waals surface area contributed by atoms with Crippen LogP contribution in [0.4, 0.5) is 0 Å². The predicted molar refractivity (Wildman–Crippen MR) is 139 cm³/mol. The van der Waals surface area contributed by atoms with Crippen LogP contribution in [0.5, 0.6) is 0 Å². The molecule has 0 radical (unpaired) electrons. The van der Waals surface area contributed by atoms with Crippen molar-refractivity contribution in [1.82, 2.24) is 0 Å². The highest BCUT2D eigenvalue weighted by Gasteiger charge is 2.68. The monoisotopic (exact) mass is 509 g/mol. The highest BCUT2D eigenvalue weighted by molar-refractivity contribution is 8.00. The molecule has 4 aliphatic carbocycles. The van der Waals surface area contributed by atoms with Gasteiger partial charge >= 0.3 is 5.97 Å². The Morgan fingerprint density at radius 1 is 1.17 bits per heavy atom. The Labute approximate surface area is 215 Å². The summed E-state index contributed by atoms with van der Waals surface area (Å²) < 4.78 is 6.34. The second-order valence-electron chi connectivity index (χ2n) is 12.9. The van der Waals surface area contributed by atoms with Crippen molar-refractivity contribution in [2.45, 2.75) is 122 Å². The molecule has 200 valence electrons. The molecule has 4 N–H and O–H groups in total. The summed E-state index contributed by atoms with van der Waals surface area (Å²) >= 11 is 1.47. The lowest BCUT2D eigenvalue weighted by molar-refractivity contribution is -0.211. The van der Waals surface area contributed by atoms with E-state index in [0.717, 1.165) is 38.5 Å². The largest absolute Gasteiger partial charge is 0.461 e. The number of esters is 1. The lowest BCUT2D eigenvalue weighted by Crippen LogP contribution is -2.63. The minimum atomic E-state index is -0.545. The highest BCUT2D eigenvalue weighted by Crippen LogP contribution is 2.68. The zero-order valence-corrected chi connectivity index (χ0v) is 23.1. The van der Waals surface area contributed by atoms with Crippen molar-refractivity contribution in [3.8, 4) is 0 Å². The SMILES string of the molecule is CC[C@@]1(C)C[C@H](OC(=O)CS[C@@H]2CC[C@@H](N)C[C@H]2O)[C@]2(C)[C@H](C)CC[C@]3(CCC(=O)[C@H]32)[C@@H](C)[C@@H]1O. The topological polar surface area (TPSA) is 110 Å². The van der Waals surface area contributed by atoms with Gasteiger partial charge in [-0.15, -0.1) is 11.8 Å². The van der Waals surface area contributed by atoms with Gasteiger partial charge in [-0.3, -0.25) is 9.59 Å². The molecule has 0 unspecified atom stereocenters. The summed E-state index contributed by atoms with van der Waals surface area (Å²) in [6, 6.07) is 0.0289. The van der Waals surface area contributed by atoms with Crippen LogP contribution in [0.3, 0.4) is 0 Å². The Kier molecular flexibility index (Phi) is 7.77. The number of hydrogen-bond acceptors (Lipinski definition) is 7. The molecule has 0 heterocycles. The zero-order chi connectivity index (χ0) is 25.8. The maximum Gasteiger partial charge on any atom is 0.316 e. The molecule has 0 aliphatic heterocycles. The first kappa shape index (κ1) is 27.4. The van der Waals surface area contributed by atoms with E-state index in [1.807, 2.05) is 0 Å². The average molecular weight is 510 g/mol. The third-order valence-electron chi connectivity index (χ3n) is 11.2. The maximum absolute atomic E-state index is 13.5. The van der Waals surface area contributed by atoms with Gasteiger partial charge in [0, 0.05) is 29.0 Å². The first-order valence-corrected chi connectivity index (χ1v) is 14.9. The summed E-state index contributed by atoms with van der Waals surface area (Å²) in [6.07, 6.45) is 5.45. The van der Waals surface area contributed by atoms with Crippen molar-refractivity contribution in [2.24, 2.45) is 39.7 Å². The van der Waals surface area contributed by atoms with Crippen molar-refractivity contribution >= 4 is 23.5 Å². The number of aliphatic hydroxyl groups excluding tert-OH is 2. The third kappa shape index (κ3) is 4.51. The standard InChI is InChI=1S/C28H47NO5S/c1-6-26(4)14-22(34-23(32)15-35-21-8-7-18(29)13-20(21)31)27(5)16(2)9-11-28(17(3)25(26)33)12-10-19(30)24(27)28/h16-18,20-22,24-25,31,33H,6-15,29H2,1-5H3/t16-,17+,18-,20-,21-,22+,24+,25+,26+,27+,28+/m1/s1. The quantitative estimate of drug-likeness (QED) is 0.479. The second kappa shape index (κ2) is 9.92. The first-order chi connectivity index (χ1) is 16.4. The van der Waals surface area contributed by atoms with Gasteiger partial charge in [-0.05, 0) is 74.0 Å². The molecule has 35 heavy (non-hydrogen) atoms. The van der Waals surface area contributed by atoms with Crippen LogP contribution in [-0.2, 0) is 14.3 Å². The molecule has 0 saturated heterocycles. The molecular weight excluding hydrogens is 462 g/mol. The lowest BCUT2D eigenvalue weighted by atomic mass is 9.43. The number of carbonyl (C=O) groups is 2. The fourth-order valence-electron chi connectivity index (χ4n) is 8.42. The van der Waals surface area contributed by atoms with E-state index in [4.69, 9.17) is 10.5 Å². The van der Waals surface area contributed by atoms with Gasteiger partial charge in [0.05, 0.1) is 18.0 Å². The third-order valence-corrected chi connectivity index (χ3v) is 12.6. The molecule has 6 nitrogen and oxygen atoms in total. The molecule has 0 aromatic carbocycles. The Balaban J connectivity index is 1.61. The van der Waals surface area contributed by atoms with Crippen molar-refractivity contribution in [2.75, 3.05) is 5.75 Å². The normalized spacial score (nSPS) is 50.2. The minimum absolute atomic E-state index is 0.00323. The van der Waals surface area contributed by atoms with E-state index in [2.05, 4.69) is 34.6 Å². The molecule has 11 atom stereocenters. The average Bonchev–Trinajstić information content (AvgIpc) is 3.17. The van der Waals surface area contributed by atoms with Crippen LogP contribution in [-0.4, -0.2) is 57.3 Å². The van der Waals surface area contributed by atoms with Crippen LogP contribution in [0.15, 0.2) is 0 Å². The number of carbonyl (C=O) groups excluding carboxylic acids is 2.